The number of rotatable bonds is 6. The second-order valence-electron chi connectivity index (χ2n) is 5.68. The predicted molar refractivity (Wildman–Crippen MR) is 85.8 cm³/mol. The number of carbonyl (C=O) groups excluding carboxylic acids is 1. The number of benzene rings is 1. The lowest BCUT2D eigenvalue weighted by atomic mass is 10.1. The summed E-state index contributed by atoms with van der Waals surface area (Å²) in [6, 6.07) is 9.62. The maximum atomic E-state index is 12.5. The molecular formula is C17H26N2O3. The molecule has 1 heterocycles. The van der Waals surface area contributed by atoms with E-state index < -0.39 is 6.10 Å². The Labute approximate surface area is 132 Å². The molecule has 1 aromatic rings. The predicted octanol–water partition coefficient (Wildman–Crippen LogP) is 1.37. The molecule has 5 nitrogen and oxygen atoms in total. The van der Waals surface area contributed by atoms with Crippen molar-refractivity contribution in [3.8, 4) is 5.75 Å². The van der Waals surface area contributed by atoms with Crippen LogP contribution in [0.25, 0.3) is 0 Å². The van der Waals surface area contributed by atoms with Gasteiger partial charge in [-0.25, -0.2) is 0 Å². The minimum atomic E-state index is -0.478. The number of piperazine rings is 1. The first-order valence-electron chi connectivity index (χ1n) is 8.01. The summed E-state index contributed by atoms with van der Waals surface area (Å²) in [5.74, 6) is 0.744. The van der Waals surface area contributed by atoms with Crippen LogP contribution < -0.4 is 4.74 Å². The van der Waals surface area contributed by atoms with E-state index in [-0.39, 0.29) is 18.6 Å². The molecular weight excluding hydrogens is 280 g/mol. The van der Waals surface area contributed by atoms with Crippen LogP contribution in [0.3, 0.4) is 0 Å². The smallest absolute Gasteiger partial charge is 0.263 e. The van der Waals surface area contributed by atoms with Crippen LogP contribution in [0.15, 0.2) is 30.3 Å². The zero-order valence-electron chi connectivity index (χ0n) is 13.4. The Morgan fingerprint density at radius 2 is 1.86 bits per heavy atom. The van der Waals surface area contributed by atoms with Crippen molar-refractivity contribution in [3.63, 3.8) is 0 Å². The van der Waals surface area contributed by atoms with E-state index in [1.807, 2.05) is 35.2 Å². The molecule has 0 spiro atoms. The number of aliphatic hydroxyl groups excluding tert-OH is 1. The van der Waals surface area contributed by atoms with Crippen molar-refractivity contribution in [2.24, 2.45) is 0 Å². The van der Waals surface area contributed by atoms with Gasteiger partial charge in [0.2, 0.25) is 0 Å². The zero-order chi connectivity index (χ0) is 15.9. The molecule has 2 unspecified atom stereocenters. The average molecular weight is 306 g/mol. The van der Waals surface area contributed by atoms with E-state index in [1.165, 1.54) is 0 Å². The summed E-state index contributed by atoms with van der Waals surface area (Å²) in [6.07, 6.45) is 0.451. The molecule has 0 aromatic heterocycles. The van der Waals surface area contributed by atoms with Crippen molar-refractivity contribution < 1.29 is 14.6 Å². The molecule has 22 heavy (non-hydrogen) atoms. The van der Waals surface area contributed by atoms with Gasteiger partial charge >= 0.3 is 0 Å². The average Bonchev–Trinajstić information content (AvgIpc) is 2.57. The Bertz CT molecular complexity index is 454. The Morgan fingerprint density at radius 3 is 2.41 bits per heavy atom. The summed E-state index contributed by atoms with van der Waals surface area (Å²) in [7, 11) is 0. The summed E-state index contributed by atoms with van der Waals surface area (Å²) in [6.45, 7) is 7.05. The molecule has 1 N–H and O–H groups in total. The second-order valence-corrected chi connectivity index (χ2v) is 5.68. The van der Waals surface area contributed by atoms with E-state index in [2.05, 4.69) is 11.8 Å². The van der Waals surface area contributed by atoms with Crippen LogP contribution in [0.4, 0.5) is 0 Å². The van der Waals surface area contributed by atoms with E-state index >= 15 is 0 Å². The van der Waals surface area contributed by atoms with Gasteiger partial charge in [-0.05, 0) is 25.5 Å². The molecule has 1 aliphatic heterocycles. The number of ether oxygens (including phenoxy) is 1. The summed E-state index contributed by atoms with van der Waals surface area (Å²) >= 11 is 0. The van der Waals surface area contributed by atoms with Gasteiger partial charge in [0.15, 0.2) is 6.10 Å². The van der Waals surface area contributed by atoms with E-state index in [9.17, 15) is 9.90 Å². The summed E-state index contributed by atoms with van der Waals surface area (Å²) in [5, 5.41) is 9.36. The normalized spacial score (nSPS) is 18.8. The second kappa shape index (κ2) is 8.15. The third-order valence-corrected chi connectivity index (χ3v) is 4.23. The first kappa shape index (κ1) is 16.8. The highest BCUT2D eigenvalue weighted by molar-refractivity contribution is 5.81. The Balaban J connectivity index is 1.84. The molecule has 5 heteroatoms. The number of aliphatic hydroxyl groups is 1. The molecule has 1 aliphatic rings. The summed E-state index contributed by atoms with van der Waals surface area (Å²) < 4.78 is 5.70. The molecule has 0 bridgehead atoms. The van der Waals surface area contributed by atoms with E-state index in [4.69, 9.17) is 4.74 Å². The fourth-order valence-corrected chi connectivity index (χ4v) is 2.82. The third-order valence-electron chi connectivity index (χ3n) is 4.23. The van der Waals surface area contributed by atoms with Crippen LogP contribution in [0, 0.1) is 0 Å². The molecule has 1 amide bonds. The van der Waals surface area contributed by atoms with Gasteiger partial charge in [0.25, 0.3) is 5.91 Å². The van der Waals surface area contributed by atoms with Crippen LogP contribution in [0.1, 0.15) is 20.3 Å². The minimum Gasteiger partial charge on any atom is -0.481 e. The van der Waals surface area contributed by atoms with Gasteiger partial charge in [0, 0.05) is 32.2 Å². The van der Waals surface area contributed by atoms with Gasteiger partial charge in [-0.2, -0.15) is 0 Å². The Hall–Kier alpha value is -1.59. The number of hydrogen-bond acceptors (Lipinski definition) is 4. The first-order valence-corrected chi connectivity index (χ1v) is 8.01. The Morgan fingerprint density at radius 1 is 1.23 bits per heavy atom. The molecule has 0 aliphatic carbocycles. The van der Waals surface area contributed by atoms with Crippen molar-refractivity contribution in [1.29, 1.82) is 0 Å². The minimum absolute atomic E-state index is 0.0283. The van der Waals surface area contributed by atoms with Gasteiger partial charge < -0.3 is 14.7 Å². The molecule has 1 saturated heterocycles. The topological polar surface area (TPSA) is 53.0 Å². The van der Waals surface area contributed by atoms with Crippen LogP contribution in [0.5, 0.6) is 5.75 Å². The monoisotopic (exact) mass is 306 g/mol. The summed E-state index contributed by atoms with van der Waals surface area (Å²) in [5.41, 5.74) is 0. The molecule has 122 valence electrons. The maximum absolute atomic E-state index is 12.5. The van der Waals surface area contributed by atoms with Gasteiger partial charge in [-0.3, -0.25) is 9.69 Å². The van der Waals surface area contributed by atoms with Gasteiger partial charge in [-0.1, -0.05) is 25.1 Å². The standard InChI is InChI=1S/C17H26N2O3/c1-3-15(13-20)18-9-11-19(12-10-18)17(21)14(2)22-16-7-5-4-6-8-16/h4-8,14-15,20H,3,9-13H2,1-2H3. The largest absolute Gasteiger partial charge is 0.481 e. The van der Waals surface area contributed by atoms with Crippen molar-refractivity contribution in [1.82, 2.24) is 9.80 Å². The number of para-hydroxylation sites is 1. The fourth-order valence-electron chi connectivity index (χ4n) is 2.82. The number of hydrogen-bond donors (Lipinski definition) is 1. The number of nitrogens with zero attached hydrogens (tertiary/aromatic N) is 2. The van der Waals surface area contributed by atoms with Crippen molar-refractivity contribution in [3.05, 3.63) is 30.3 Å². The van der Waals surface area contributed by atoms with Crippen molar-refractivity contribution in [2.75, 3.05) is 32.8 Å². The molecule has 0 radical (unpaired) electrons. The maximum Gasteiger partial charge on any atom is 0.263 e. The van der Waals surface area contributed by atoms with Gasteiger partial charge in [0.05, 0.1) is 6.61 Å². The first-order chi connectivity index (χ1) is 10.7. The van der Waals surface area contributed by atoms with Gasteiger partial charge in [0.1, 0.15) is 5.75 Å². The van der Waals surface area contributed by atoms with Crippen LogP contribution in [-0.2, 0) is 4.79 Å². The Kier molecular flexibility index (Phi) is 6.21. The molecule has 1 aromatic carbocycles. The highest BCUT2D eigenvalue weighted by atomic mass is 16.5. The zero-order valence-corrected chi connectivity index (χ0v) is 13.4. The quantitative estimate of drug-likeness (QED) is 0.862. The van der Waals surface area contributed by atoms with Crippen LogP contribution in [0.2, 0.25) is 0 Å². The summed E-state index contributed by atoms with van der Waals surface area (Å²) in [4.78, 5) is 16.6. The number of carbonyl (C=O) groups is 1. The molecule has 0 saturated carbocycles. The fraction of sp³-hybridized carbons (Fsp3) is 0.588. The lowest BCUT2D eigenvalue weighted by molar-refractivity contribution is -0.140. The van der Waals surface area contributed by atoms with Crippen molar-refractivity contribution in [2.45, 2.75) is 32.4 Å². The van der Waals surface area contributed by atoms with Crippen LogP contribution >= 0.6 is 0 Å². The van der Waals surface area contributed by atoms with E-state index in [1.54, 1.807) is 6.92 Å². The SMILES string of the molecule is CCC(CO)N1CCN(C(=O)C(C)Oc2ccccc2)CC1. The van der Waals surface area contributed by atoms with Gasteiger partial charge in [-0.15, -0.1) is 0 Å². The van der Waals surface area contributed by atoms with E-state index in [0.717, 1.165) is 19.5 Å². The van der Waals surface area contributed by atoms with Crippen molar-refractivity contribution >= 4 is 5.91 Å². The highest BCUT2D eigenvalue weighted by Crippen LogP contribution is 2.14. The molecule has 2 atom stereocenters. The lowest BCUT2D eigenvalue weighted by Crippen LogP contribution is -2.54. The molecule has 2 rings (SSSR count). The van der Waals surface area contributed by atoms with Crippen LogP contribution in [-0.4, -0.2) is 65.7 Å². The third kappa shape index (κ3) is 4.21. The highest BCUT2D eigenvalue weighted by Gasteiger charge is 2.28. The number of amides is 1. The lowest BCUT2D eigenvalue weighted by Gasteiger charge is -2.39. The van der Waals surface area contributed by atoms with E-state index in [0.29, 0.717) is 18.8 Å². The molecule has 1 fully saturated rings.